The van der Waals surface area contributed by atoms with Crippen LogP contribution in [0.15, 0.2) is 60.9 Å². The van der Waals surface area contributed by atoms with Crippen molar-refractivity contribution in [2.24, 2.45) is 0 Å². The summed E-state index contributed by atoms with van der Waals surface area (Å²) in [4.78, 5) is 24.0. The first-order valence-electron chi connectivity index (χ1n) is 7.54. The summed E-state index contributed by atoms with van der Waals surface area (Å²) in [6, 6.07) is 14.4. The van der Waals surface area contributed by atoms with Crippen molar-refractivity contribution < 1.29 is 14.7 Å². The van der Waals surface area contributed by atoms with Gasteiger partial charge in [-0.15, -0.1) is 0 Å². The molecule has 0 saturated carbocycles. The highest BCUT2D eigenvalue weighted by Gasteiger charge is 2.19. The topological polar surface area (TPSA) is 59.3 Å². The molecule has 4 nitrogen and oxygen atoms in total. The molecule has 0 radical (unpaired) electrons. The maximum Gasteiger partial charge on any atom is 0.326 e. The zero-order valence-corrected chi connectivity index (χ0v) is 12.8. The van der Waals surface area contributed by atoms with Crippen LogP contribution < -0.4 is 0 Å². The van der Waals surface area contributed by atoms with Crippen LogP contribution in [0.4, 0.5) is 0 Å². The van der Waals surface area contributed by atoms with E-state index in [1.807, 2.05) is 43.3 Å². The molecule has 0 saturated heterocycles. The minimum absolute atomic E-state index is 0.0965. The van der Waals surface area contributed by atoms with Crippen LogP contribution >= 0.6 is 0 Å². The van der Waals surface area contributed by atoms with Crippen LogP contribution in [0.3, 0.4) is 0 Å². The quantitative estimate of drug-likeness (QED) is 0.727. The average Bonchev–Trinajstić information content (AvgIpc) is 3.03. The molecule has 3 aromatic rings. The van der Waals surface area contributed by atoms with E-state index < -0.39 is 12.0 Å². The summed E-state index contributed by atoms with van der Waals surface area (Å²) in [5.74, 6) is -0.993. The average molecular weight is 307 g/mol. The molecule has 0 bridgehead atoms. The number of hydrogen-bond acceptors (Lipinski definition) is 2. The molecule has 1 heterocycles. The number of hydrogen-bond donors (Lipinski definition) is 1. The van der Waals surface area contributed by atoms with Crippen LogP contribution in [0, 0.1) is 0 Å². The second-order valence-electron chi connectivity index (χ2n) is 5.47. The Kier molecular flexibility index (Phi) is 3.98. The molecule has 0 aliphatic carbocycles. The van der Waals surface area contributed by atoms with Gasteiger partial charge in [0.05, 0.1) is 0 Å². The Balaban J connectivity index is 2.00. The van der Waals surface area contributed by atoms with E-state index in [2.05, 4.69) is 0 Å². The molecule has 0 fully saturated rings. The molecular weight excluding hydrogens is 290 g/mol. The van der Waals surface area contributed by atoms with Gasteiger partial charge in [0.15, 0.2) is 5.78 Å². The first-order chi connectivity index (χ1) is 11.1. The van der Waals surface area contributed by atoms with Crippen molar-refractivity contribution >= 4 is 22.5 Å². The molecule has 1 N–H and O–H groups in total. The number of aliphatic carboxylic acids is 1. The number of rotatable bonds is 5. The molecule has 2 aromatic carbocycles. The minimum Gasteiger partial charge on any atom is -0.480 e. The molecule has 1 unspecified atom stereocenters. The van der Waals surface area contributed by atoms with Crippen molar-refractivity contribution in [2.75, 3.05) is 0 Å². The third-order valence-electron chi connectivity index (χ3n) is 4.04. The van der Waals surface area contributed by atoms with E-state index in [4.69, 9.17) is 0 Å². The third kappa shape index (κ3) is 2.75. The van der Waals surface area contributed by atoms with Gasteiger partial charge in [-0.3, -0.25) is 4.79 Å². The van der Waals surface area contributed by atoms with Crippen molar-refractivity contribution in [3.05, 3.63) is 72.1 Å². The molecule has 0 spiro atoms. The normalized spacial score (nSPS) is 12.2. The van der Waals surface area contributed by atoms with Crippen molar-refractivity contribution in [3.8, 4) is 0 Å². The smallest absolute Gasteiger partial charge is 0.326 e. The van der Waals surface area contributed by atoms with Gasteiger partial charge >= 0.3 is 5.97 Å². The summed E-state index contributed by atoms with van der Waals surface area (Å²) in [6.07, 6.45) is 3.74. The molecule has 4 heteroatoms. The predicted molar refractivity (Wildman–Crippen MR) is 88.8 cm³/mol. The maximum atomic E-state index is 12.8. The van der Waals surface area contributed by atoms with Crippen LogP contribution in [0.5, 0.6) is 0 Å². The second-order valence-corrected chi connectivity index (χ2v) is 5.47. The van der Waals surface area contributed by atoms with E-state index in [0.29, 0.717) is 17.5 Å². The van der Waals surface area contributed by atoms with E-state index in [-0.39, 0.29) is 5.78 Å². The lowest BCUT2D eigenvalue weighted by atomic mass is 9.99. The number of ketones is 1. The fourth-order valence-electron chi connectivity index (χ4n) is 2.83. The molecule has 1 atom stereocenters. The molecule has 3 rings (SSSR count). The Morgan fingerprint density at radius 1 is 1.09 bits per heavy atom. The van der Waals surface area contributed by atoms with E-state index >= 15 is 0 Å². The summed E-state index contributed by atoms with van der Waals surface area (Å²) in [7, 11) is 0. The molecule has 0 aliphatic rings. The number of carboxylic acids is 1. The van der Waals surface area contributed by atoms with Gasteiger partial charge in [-0.25, -0.2) is 4.79 Å². The standard InChI is InChI=1S/C19H17NO3/c1-2-17(19(22)23)20-11-10-14(12-20)18(21)16-9-5-7-13-6-3-4-8-15(13)16/h3-12,17H,2H2,1H3,(H,22,23). The lowest BCUT2D eigenvalue weighted by Crippen LogP contribution is -2.16. The third-order valence-corrected chi connectivity index (χ3v) is 4.04. The molecule has 0 amide bonds. The lowest BCUT2D eigenvalue weighted by Gasteiger charge is -2.11. The van der Waals surface area contributed by atoms with E-state index in [9.17, 15) is 14.7 Å². The molecular formula is C19H17NO3. The van der Waals surface area contributed by atoms with Crippen LogP contribution in [0.1, 0.15) is 35.3 Å². The summed E-state index contributed by atoms with van der Waals surface area (Å²) < 4.78 is 1.58. The fourth-order valence-corrected chi connectivity index (χ4v) is 2.83. The lowest BCUT2D eigenvalue weighted by molar-refractivity contribution is -0.141. The van der Waals surface area contributed by atoms with E-state index in [0.717, 1.165) is 10.8 Å². The number of benzene rings is 2. The Bertz CT molecular complexity index is 874. The number of carbonyl (C=O) groups excluding carboxylic acids is 1. The van der Waals surface area contributed by atoms with Gasteiger partial charge in [0.25, 0.3) is 0 Å². The Labute approximate surface area is 134 Å². The largest absolute Gasteiger partial charge is 0.480 e. The first kappa shape index (κ1) is 15.0. The van der Waals surface area contributed by atoms with Crippen molar-refractivity contribution in [3.63, 3.8) is 0 Å². The molecule has 1 aromatic heterocycles. The Morgan fingerprint density at radius 3 is 2.57 bits per heavy atom. The highest BCUT2D eigenvalue weighted by Crippen LogP contribution is 2.22. The first-order valence-corrected chi connectivity index (χ1v) is 7.54. The van der Waals surface area contributed by atoms with Gasteiger partial charge < -0.3 is 9.67 Å². The maximum absolute atomic E-state index is 12.8. The van der Waals surface area contributed by atoms with Gasteiger partial charge in [0, 0.05) is 23.5 Å². The van der Waals surface area contributed by atoms with Gasteiger partial charge in [-0.05, 0) is 23.3 Å². The Morgan fingerprint density at radius 2 is 1.83 bits per heavy atom. The van der Waals surface area contributed by atoms with E-state index in [1.54, 1.807) is 29.1 Å². The molecule has 116 valence electrons. The van der Waals surface area contributed by atoms with E-state index in [1.165, 1.54) is 0 Å². The van der Waals surface area contributed by atoms with Gasteiger partial charge in [0.2, 0.25) is 0 Å². The van der Waals surface area contributed by atoms with Gasteiger partial charge in [0.1, 0.15) is 6.04 Å². The predicted octanol–water partition coefficient (Wildman–Crippen LogP) is 3.91. The number of nitrogens with zero attached hydrogens (tertiary/aromatic N) is 1. The zero-order chi connectivity index (χ0) is 16.4. The summed E-state index contributed by atoms with van der Waals surface area (Å²) in [5, 5.41) is 11.1. The highest BCUT2D eigenvalue weighted by atomic mass is 16.4. The van der Waals surface area contributed by atoms with Crippen LogP contribution in [-0.2, 0) is 4.79 Å². The van der Waals surface area contributed by atoms with Crippen molar-refractivity contribution in [1.29, 1.82) is 0 Å². The minimum atomic E-state index is -0.896. The summed E-state index contributed by atoms with van der Waals surface area (Å²) in [6.45, 7) is 1.81. The fraction of sp³-hybridized carbons (Fsp3) is 0.158. The van der Waals surface area contributed by atoms with Crippen molar-refractivity contribution in [2.45, 2.75) is 19.4 Å². The van der Waals surface area contributed by atoms with Crippen molar-refractivity contribution in [1.82, 2.24) is 4.57 Å². The monoisotopic (exact) mass is 307 g/mol. The second kappa shape index (κ2) is 6.08. The number of fused-ring (bicyclic) bond motifs is 1. The summed E-state index contributed by atoms with van der Waals surface area (Å²) in [5.41, 5.74) is 1.13. The SMILES string of the molecule is CCC(C(=O)O)n1ccc(C(=O)c2cccc3ccccc23)c1. The van der Waals surface area contributed by atoms with Gasteiger partial charge in [-0.1, -0.05) is 49.4 Å². The molecule has 23 heavy (non-hydrogen) atoms. The van der Waals surface area contributed by atoms with Crippen LogP contribution in [0.25, 0.3) is 10.8 Å². The van der Waals surface area contributed by atoms with Crippen LogP contribution in [-0.4, -0.2) is 21.4 Å². The molecule has 0 aliphatic heterocycles. The number of aromatic nitrogens is 1. The number of carbonyl (C=O) groups is 2. The summed E-state index contributed by atoms with van der Waals surface area (Å²) >= 11 is 0. The van der Waals surface area contributed by atoms with Crippen LogP contribution in [0.2, 0.25) is 0 Å². The number of carboxylic acid groups (broad SMARTS) is 1. The zero-order valence-electron chi connectivity index (χ0n) is 12.8. The van der Waals surface area contributed by atoms with Gasteiger partial charge in [-0.2, -0.15) is 0 Å². The Hall–Kier alpha value is -2.88. The highest BCUT2D eigenvalue weighted by molar-refractivity contribution is 6.16.